The van der Waals surface area contributed by atoms with E-state index in [9.17, 15) is 14.4 Å². The van der Waals surface area contributed by atoms with Crippen molar-refractivity contribution in [3.63, 3.8) is 0 Å². The molecule has 2 aromatic carbocycles. The number of carbonyl (C=O) groups is 3. The van der Waals surface area contributed by atoms with Gasteiger partial charge in [0.1, 0.15) is 0 Å². The molecule has 1 aliphatic heterocycles. The number of hydrogen-bond donors (Lipinski definition) is 1. The van der Waals surface area contributed by atoms with Gasteiger partial charge in [0.15, 0.2) is 0 Å². The summed E-state index contributed by atoms with van der Waals surface area (Å²) >= 11 is 1.68. The fourth-order valence-corrected chi connectivity index (χ4v) is 3.84. The molecule has 0 bridgehead atoms. The van der Waals surface area contributed by atoms with Crippen LogP contribution in [0.15, 0.2) is 63.9 Å². The first-order valence-electron chi connectivity index (χ1n) is 9.37. The highest BCUT2D eigenvalue weighted by Gasteiger charge is 2.30. The third-order valence-electron chi connectivity index (χ3n) is 4.45. The maximum absolute atomic E-state index is 12.4. The zero-order chi connectivity index (χ0) is 20.9. The Bertz CT molecular complexity index is 1050. The molecule has 1 saturated heterocycles. The Morgan fingerprint density at radius 2 is 1.70 bits per heavy atom. The van der Waals surface area contributed by atoms with Gasteiger partial charge in [0.25, 0.3) is 5.91 Å². The second-order valence-electron chi connectivity index (χ2n) is 6.54. The number of nitrogens with one attached hydrogen (secondary N) is 1. The minimum absolute atomic E-state index is 0.0219. The molecule has 0 unspecified atom stereocenters. The van der Waals surface area contributed by atoms with Crippen molar-refractivity contribution < 1.29 is 18.8 Å². The van der Waals surface area contributed by atoms with Crippen molar-refractivity contribution in [2.24, 2.45) is 0 Å². The van der Waals surface area contributed by atoms with E-state index < -0.39 is 5.91 Å². The van der Waals surface area contributed by atoms with E-state index in [2.05, 4.69) is 15.5 Å². The average molecular weight is 422 g/mol. The van der Waals surface area contributed by atoms with E-state index in [0.29, 0.717) is 23.6 Å². The van der Waals surface area contributed by atoms with Gasteiger partial charge in [0, 0.05) is 35.5 Å². The second-order valence-corrected chi connectivity index (χ2v) is 7.70. The van der Waals surface area contributed by atoms with Gasteiger partial charge in [-0.3, -0.25) is 24.6 Å². The van der Waals surface area contributed by atoms with Crippen molar-refractivity contribution in [3.05, 3.63) is 66.1 Å². The first kappa shape index (κ1) is 19.8. The second kappa shape index (κ2) is 8.91. The van der Waals surface area contributed by atoms with E-state index in [1.54, 1.807) is 23.9 Å². The number of aryl methyl sites for hydroxylation is 1. The van der Waals surface area contributed by atoms with E-state index in [1.165, 1.54) is 12.1 Å². The van der Waals surface area contributed by atoms with E-state index in [4.69, 9.17) is 4.42 Å². The molecule has 0 aliphatic carbocycles. The van der Waals surface area contributed by atoms with Crippen LogP contribution in [-0.2, 0) is 16.0 Å². The van der Waals surface area contributed by atoms with Crippen LogP contribution in [0.4, 0.5) is 11.7 Å². The third-order valence-corrected chi connectivity index (χ3v) is 5.47. The Hall–Kier alpha value is -3.46. The van der Waals surface area contributed by atoms with E-state index in [1.807, 2.05) is 30.3 Å². The van der Waals surface area contributed by atoms with E-state index >= 15 is 0 Å². The molecule has 0 spiro atoms. The van der Waals surface area contributed by atoms with Gasteiger partial charge in [0.2, 0.25) is 17.7 Å². The highest BCUT2D eigenvalue weighted by molar-refractivity contribution is 7.99. The molecule has 0 atom stereocenters. The largest absolute Gasteiger partial charge is 0.408 e. The number of carbonyl (C=O) groups excluding carboxylic acids is 3. The minimum atomic E-state index is -0.422. The first-order valence-corrected chi connectivity index (χ1v) is 10.4. The maximum Gasteiger partial charge on any atom is 0.322 e. The van der Waals surface area contributed by atoms with Crippen molar-refractivity contribution in [2.45, 2.75) is 24.2 Å². The zero-order valence-electron chi connectivity index (χ0n) is 15.9. The number of rotatable bonds is 7. The Morgan fingerprint density at radius 1 is 1.00 bits per heavy atom. The number of benzene rings is 2. The number of aromatic nitrogens is 2. The Labute approximate surface area is 176 Å². The van der Waals surface area contributed by atoms with Crippen molar-refractivity contribution in [3.8, 4) is 0 Å². The van der Waals surface area contributed by atoms with Gasteiger partial charge >= 0.3 is 6.01 Å². The summed E-state index contributed by atoms with van der Waals surface area (Å²) in [4.78, 5) is 38.3. The Morgan fingerprint density at radius 3 is 2.40 bits per heavy atom. The van der Waals surface area contributed by atoms with Crippen LogP contribution < -0.4 is 10.2 Å². The number of anilines is 2. The Balaban J connectivity index is 1.32. The summed E-state index contributed by atoms with van der Waals surface area (Å²) < 4.78 is 5.48. The lowest BCUT2D eigenvalue weighted by Crippen LogP contribution is -2.28. The highest BCUT2D eigenvalue weighted by atomic mass is 32.2. The average Bonchev–Trinajstić information content (AvgIpc) is 3.34. The predicted molar refractivity (Wildman–Crippen MR) is 111 cm³/mol. The normalized spacial score (nSPS) is 13.7. The molecule has 1 aromatic heterocycles. The lowest BCUT2D eigenvalue weighted by molar-refractivity contribution is -0.121. The predicted octanol–water partition coefficient (Wildman–Crippen LogP) is 3.31. The fraction of sp³-hybridized carbons (Fsp3) is 0.190. The quantitative estimate of drug-likeness (QED) is 0.460. The molecular weight excluding hydrogens is 404 g/mol. The van der Waals surface area contributed by atoms with Crippen LogP contribution in [0.2, 0.25) is 0 Å². The van der Waals surface area contributed by atoms with Crippen LogP contribution in [0.25, 0.3) is 0 Å². The lowest BCUT2D eigenvalue weighted by Gasteiger charge is -2.13. The van der Waals surface area contributed by atoms with Crippen molar-refractivity contribution in [1.82, 2.24) is 10.2 Å². The molecule has 3 aromatic rings. The topological polar surface area (TPSA) is 105 Å². The summed E-state index contributed by atoms with van der Waals surface area (Å²) in [5.41, 5.74) is 0.798. The molecule has 9 heteroatoms. The molecule has 30 heavy (non-hydrogen) atoms. The van der Waals surface area contributed by atoms with E-state index in [-0.39, 0.29) is 30.7 Å². The SMILES string of the molecule is O=C(Nc1nnc(CCSc2ccccc2)o1)c1ccc(N2C(=O)CCC2=O)cc1. The molecule has 1 aliphatic rings. The molecule has 4 rings (SSSR count). The van der Waals surface area contributed by atoms with Crippen LogP contribution in [-0.4, -0.2) is 33.7 Å². The van der Waals surface area contributed by atoms with Gasteiger partial charge in [0.05, 0.1) is 5.69 Å². The van der Waals surface area contributed by atoms with Gasteiger partial charge in [-0.15, -0.1) is 16.9 Å². The Kier molecular flexibility index (Phi) is 5.89. The molecule has 8 nitrogen and oxygen atoms in total. The number of amides is 3. The monoisotopic (exact) mass is 422 g/mol. The van der Waals surface area contributed by atoms with Gasteiger partial charge in [-0.25, -0.2) is 0 Å². The molecule has 152 valence electrons. The molecule has 2 heterocycles. The van der Waals surface area contributed by atoms with Crippen LogP contribution >= 0.6 is 11.8 Å². The standard InChI is InChI=1S/C21H18N4O4S/c26-18-10-11-19(27)25(18)15-8-6-14(7-9-15)20(28)22-21-24-23-17(29-21)12-13-30-16-4-2-1-3-5-16/h1-9H,10-13H2,(H,22,24,28). The van der Waals surface area contributed by atoms with Crippen molar-refractivity contribution in [2.75, 3.05) is 16.0 Å². The highest BCUT2D eigenvalue weighted by Crippen LogP contribution is 2.23. The molecule has 0 radical (unpaired) electrons. The molecular formula is C21H18N4O4S. The molecule has 3 amide bonds. The summed E-state index contributed by atoms with van der Waals surface area (Å²) in [6.45, 7) is 0. The van der Waals surface area contributed by atoms with Crippen LogP contribution in [0, 0.1) is 0 Å². The smallest absolute Gasteiger partial charge is 0.322 e. The summed E-state index contributed by atoms with van der Waals surface area (Å²) in [7, 11) is 0. The summed E-state index contributed by atoms with van der Waals surface area (Å²) in [6.07, 6.45) is 1.00. The van der Waals surface area contributed by atoms with Crippen molar-refractivity contribution in [1.29, 1.82) is 0 Å². The summed E-state index contributed by atoms with van der Waals surface area (Å²) in [6, 6.07) is 16.2. The van der Waals surface area contributed by atoms with Crippen LogP contribution in [0.1, 0.15) is 29.1 Å². The third kappa shape index (κ3) is 4.57. The number of nitrogens with zero attached hydrogens (tertiary/aromatic N) is 3. The number of imide groups is 1. The van der Waals surface area contributed by atoms with Gasteiger partial charge in [-0.1, -0.05) is 23.3 Å². The first-order chi connectivity index (χ1) is 14.6. The van der Waals surface area contributed by atoms with Gasteiger partial charge in [-0.05, 0) is 36.4 Å². The zero-order valence-corrected chi connectivity index (χ0v) is 16.7. The van der Waals surface area contributed by atoms with Gasteiger partial charge < -0.3 is 4.42 Å². The molecule has 1 fully saturated rings. The fourth-order valence-electron chi connectivity index (χ4n) is 2.97. The van der Waals surface area contributed by atoms with E-state index in [0.717, 1.165) is 15.5 Å². The number of hydrogen-bond acceptors (Lipinski definition) is 7. The molecule has 1 N–H and O–H groups in total. The van der Waals surface area contributed by atoms with Gasteiger partial charge in [-0.2, -0.15) is 0 Å². The number of thioether (sulfide) groups is 1. The maximum atomic E-state index is 12.4. The molecule has 0 saturated carbocycles. The van der Waals surface area contributed by atoms with Crippen LogP contribution in [0.3, 0.4) is 0 Å². The summed E-state index contributed by atoms with van der Waals surface area (Å²) in [5, 5.41) is 10.4. The van der Waals surface area contributed by atoms with Crippen LogP contribution in [0.5, 0.6) is 0 Å². The van der Waals surface area contributed by atoms with Crippen molar-refractivity contribution >= 4 is 41.2 Å². The summed E-state index contributed by atoms with van der Waals surface area (Å²) in [5.74, 6) is 0.321. The minimum Gasteiger partial charge on any atom is -0.408 e. The lowest BCUT2D eigenvalue weighted by atomic mass is 10.2.